The molecule has 0 radical (unpaired) electrons. The second-order valence-corrected chi connectivity index (χ2v) is 5.09. The Morgan fingerprint density at radius 3 is 2.95 bits per heavy atom. The molecule has 1 saturated carbocycles. The molecule has 1 fully saturated rings. The summed E-state index contributed by atoms with van der Waals surface area (Å²) in [5.74, 6) is 0. The summed E-state index contributed by atoms with van der Waals surface area (Å²) in [4.78, 5) is 20.9. The second-order valence-electron chi connectivity index (χ2n) is 5.09. The number of halogens is 1. The van der Waals surface area contributed by atoms with E-state index < -0.39 is 34.5 Å². The predicted octanol–water partition coefficient (Wildman–Crippen LogP) is 0.674. The molecule has 3 atom stereocenters. The number of amides is 1. The fraction of sp³-hybridized carbons (Fsp3) is 0.636. The van der Waals surface area contributed by atoms with Gasteiger partial charge in [-0.05, 0) is 12.8 Å². The molecule has 3 N–H and O–H groups in total. The number of hydrogen-bond donors (Lipinski definition) is 3. The van der Waals surface area contributed by atoms with Crippen molar-refractivity contribution in [3.63, 3.8) is 0 Å². The van der Waals surface area contributed by atoms with Gasteiger partial charge in [0, 0.05) is 13.5 Å². The molecule has 9 nitrogen and oxygen atoms in total. The van der Waals surface area contributed by atoms with Crippen molar-refractivity contribution in [3.05, 3.63) is 22.0 Å². The van der Waals surface area contributed by atoms with Crippen molar-refractivity contribution >= 4 is 11.8 Å². The van der Waals surface area contributed by atoms with Gasteiger partial charge >= 0.3 is 11.8 Å². The van der Waals surface area contributed by atoms with E-state index in [4.69, 9.17) is 5.11 Å². The minimum Gasteiger partial charge on any atom is -0.465 e. The summed E-state index contributed by atoms with van der Waals surface area (Å²) in [7, 11) is 1.38. The van der Waals surface area contributed by atoms with E-state index in [1.807, 2.05) is 5.32 Å². The van der Waals surface area contributed by atoms with Crippen LogP contribution in [-0.2, 0) is 12.7 Å². The number of aromatic nitrogens is 2. The van der Waals surface area contributed by atoms with E-state index in [9.17, 15) is 20.0 Å². The number of nitro groups is 1. The van der Waals surface area contributed by atoms with E-state index in [0.29, 0.717) is 0 Å². The summed E-state index contributed by atoms with van der Waals surface area (Å²) in [6, 6.07) is -1.03. The van der Waals surface area contributed by atoms with Crippen LogP contribution in [0, 0.1) is 10.1 Å². The predicted molar refractivity (Wildman–Crippen MR) is 67.5 cm³/mol. The van der Waals surface area contributed by atoms with Crippen molar-refractivity contribution in [1.29, 1.82) is 0 Å². The summed E-state index contributed by atoms with van der Waals surface area (Å²) >= 11 is 0. The van der Waals surface area contributed by atoms with Crippen molar-refractivity contribution in [3.8, 4) is 0 Å². The largest absolute Gasteiger partial charge is 0.465 e. The molecule has 1 aliphatic carbocycles. The van der Waals surface area contributed by atoms with Crippen LogP contribution in [0.5, 0.6) is 0 Å². The Kier molecular flexibility index (Phi) is 3.81. The average molecular weight is 302 g/mol. The molecule has 0 bridgehead atoms. The highest BCUT2D eigenvalue weighted by molar-refractivity contribution is 5.65. The minimum atomic E-state index is -2.12. The lowest BCUT2D eigenvalue weighted by Gasteiger charge is -2.37. The van der Waals surface area contributed by atoms with Crippen LogP contribution in [0.1, 0.15) is 25.0 Å². The molecule has 0 aliphatic heterocycles. The van der Waals surface area contributed by atoms with Gasteiger partial charge in [-0.3, -0.25) is 14.8 Å². The van der Waals surface area contributed by atoms with Gasteiger partial charge in [0.15, 0.2) is 11.4 Å². The van der Waals surface area contributed by atoms with Gasteiger partial charge < -0.3 is 15.5 Å². The van der Waals surface area contributed by atoms with Gasteiger partial charge in [-0.15, -0.1) is 0 Å². The number of hydrogen-bond acceptors (Lipinski definition) is 5. The van der Waals surface area contributed by atoms with Gasteiger partial charge in [-0.2, -0.15) is 5.10 Å². The summed E-state index contributed by atoms with van der Waals surface area (Å²) in [6.45, 7) is 0. The highest BCUT2D eigenvalue weighted by atomic mass is 19.1. The molecule has 21 heavy (non-hydrogen) atoms. The molecule has 0 spiro atoms. The monoisotopic (exact) mass is 302 g/mol. The van der Waals surface area contributed by atoms with Crippen LogP contribution in [0.3, 0.4) is 0 Å². The zero-order chi connectivity index (χ0) is 15.8. The van der Waals surface area contributed by atoms with Crippen molar-refractivity contribution in [1.82, 2.24) is 15.1 Å². The van der Waals surface area contributed by atoms with Crippen molar-refractivity contribution < 1.29 is 24.3 Å². The average Bonchev–Trinajstić information content (AvgIpc) is 2.76. The van der Waals surface area contributed by atoms with E-state index in [2.05, 4.69) is 5.10 Å². The lowest BCUT2D eigenvalue weighted by Crippen LogP contribution is -2.50. The SMILES string of the molecule is Cn1ncc([N+](=O)[O-])c1C1(F)CCC(O)C(NC(=O)O)C1. The van der Waals surface area contributed by atoms with Crippen LogP contribution in [0.25, 0.3) is 0 Å². The van der Waals surface area contributed by atoms with Gasteiger partial charge in [0.25, 0.3) is 0 Å². The Balaban J connectivity index is 2.36. The summed E-state index contributed by atoms with van der Waals surface area (Å²) in [5.41, 5.74) is -2.79. The zero-order valence-electron chi connectivity index (χ0n) is 11.2. The van der Waals surface area contributed by atoms with Crippen molar-refractivity contribution in [2.45, 2.75) is 37.1 Å². The highest BCUT2D eigenvalue weighted by Crippen LogP contribution is 2.44. The number of aryl methyl sites for hydroxylation is 1. The van der Waals surface area contributed by atoms with Gasteiger partial charge in [0.1, 0.15) is 6.20 Å². The Hall–Kier alpha value is -2.23. The van der Waals surface area contributed by atoms with Gasteiger partial charge in [-0.1, -0.05) is 0 Å². The van der Waals surface area contributed by atoms with Crippen LogP contribution in [0.2, 0.25) is 0 Å². The molecule has 1 aromatic heterocycles. The first-order chi connectivity index (χ1) is 9.74. The molecular weight excluding hydrogens is 287 g/mol. The van der Waals surface area contributed by atoms with E-state index in [1.165, 1.54) is 7.05 Å². The summed E-state index contributed by atoms with van der Waals surface area (Å²) in [6.07, 6.45) is -2.00. The molecule has 3 unspecified atom stereocenters. The maximum atomic E-state index is 15.2. The number of carbonyl (C=O) groups is 1. The first-order valence-electron chi connectivity index (χ1n) is 6.28. The lowest BCUT2D eigenvalue weighted by atomic mass is 9.79. The maximum absolute atomic E-state index is 15.2. The van der Waals surface area contributed by atoms with Gasteiger partial charge in [0.2, 0.25) is 0 Å². The fourth-order valence-electron chi connectivity index (χ4n) is 2.76. The lowest BCUT2D eigenvalue weighted by molar-refractivity contribution is -0.386. The third-order valence-electron chi connectivity index (χ3n) is 3.69. The molecule has 1 heterocycles. The smallest absolute Gasteiger partial charge is 0.404 e. The van der Waals surface area contributed by atoms with Gasteiger partial charge in [0.05, 0.1) is 17.1 Å². The number of aliphatic hydroxyl groups is 1. The second kappa shape index (κ2) is 5.28. The standard InChI is InChI=1S/C11H15FN4O5/c1-15-9(7(5-13-15)16(20)21)11(12)3-2-8(17)6(4-11)14-10(18)19/h5-6,8,14,17H,2-4H2,1H3,(H,18,19). The number of aliphatic hydroxyl groups excluding tert-OH is 1. The molecular formula is C11H15FN4O5. The first kappa shape index (κ1) is 15.2. The van der Waals surface area contributed by atoms with Crippen LogP contribution in [0.15, 0.2) is 6.20 Å². The van der Waals surface area contributed by atoms with Crippen LogP contribution in [0.4, 0.5) is 14.9 Å². The minimum absolute atomic E-state index is 0.0101. The molecule has 1 amide bonds. The number of carboxylic acid groups (broad SMARTS) is 1. The molecule has 0 aromatic carbocycles. The third-order valence-corrected chi connectivity index (χ3v) is 3.69. The zero-order valence-corrected chi connectivity index (χ0v) is 11.2. The molecule has 0 saturated heterocycles. The fourth-order valence-corrected chi connectivity index (χ4v) is 2.76. The highest BCUT2D eigenvalue weighted by Gasteiger charge is 2.48. The first-order valence-corrected chi connectivity index (χ1v) is 6.28. The normalized spacial score (nSPS) is 29.1. The molecule has 1 aromatic rings. The van der Waals surface area contributed by atoms with E-state index in [-0.39, 0.29) is 25.0 Å². The van der Waals surface area contributed by atoms with Gasteiger partial charge in [-0.25, -0.2) is 9.18 Å². The van der Waals surface area contributed by atoms with Crippen molar-refractivity contribution in [2.24, 2.45) is 7.05 Å². The van der Waals surface area contributed by atoms with E-state index >= 15 is 4.39 Å². The maximum Gasteiger partial charge on any atom is 0.404 e. The molecule has 1 aliphatic rings. The Labute approximate surface area is 118 Å². The van der Waals surface area contributed by atoms with Crippen LogP contribution in [-0.4, -0.2) is 43.2 Å². The third kappa shape index (κ3) is 2.79. The molecule has 116 valence electrons. The number of nitrogens with one attached hydrogen (secondary N) is 1. The summed E-state index contributed by atoms with van der Waals surface area (Å²) < 4.78 is 16.3. The Bertz CT molecular complexity index is 577. The Morgan fingerprint density at radius 1 is 1.71 bits per heavy atom. The number of rotatable bonds is 3. The van der Waals surface area contributed by atoms with Crippen molar-refractivity contribution in [2.75, 3.05) is 0 Å². The van der Waals surface area contributed by atoms with E-state index in [1.54, 1.807) is 0 Å². The molecule has 10 heteroatoms. The van der Waals surface area contributed by atoms with Crippen LogP contribution >= 0.6 is 0 Å². The quantitative estimate of drug-likeness (QED) is 0.555. The topological polar surface area (TPSA) is 131 Å². The van der Waals surface area contributed by atoms with E-state index in [0.717, 1.165) is 10.9 Å². The number of nitrogens with zero attached hydrogens (tertiary/aromatic N) is 3. The Morgan fingerprint density at radius 2 is 2.38 bits per heavy atom. The summed E-state index contributed by atoms with van der Waals surface area (Å²) in [5, 5.41) is 35.2. The molecule has 2 rings (SSSR count). The number of alkyl halides is 1. The van der Waals surface area contributed by atoms with Crippen LogP contribution < -0.4 is 5.32 Å².